The maximum Gasteiger partial charge on any atom is 0.266 e. The second-order valence-electron chi connectivity index (χ2n) is 5.58. The SMILES string of the molecule is C=CCN1C(=O)/C(=C/c2cc(C)n(-c3ccccc3)c2C)SC1=S. The predicted molar refractivity (Wildman–Crippen MR) is 105 cm³/mol. The molecule has 122 valence electrons. The standard InChI is InChI=1S/C19H18N2OS2/c1-4-10-20-18(22)17(24-19(20)23)12-15-11-13(2)21(14(15)3)16-8-6-5-7-9-16/h4-9,11-12H,1,10H2,2-3H3/b17-12-. The first-order valence-corrected chi connectivity index (χ1v) is 8.86. The van der Waals surface area contributed by atoms with Crippen molar-refractivity contribution in [2.45, 2.75) is 13.8 Å². The lowest BCUT2D eigenvalue weighted by Crippen LogP contribution is -2.27. The summed E-state index contributed by atoms with van der Waals surface area (Å²) in [5, 5.41) is 0. The number of nitrogens with zero attached hydrogens (tertiary/aromatic N) is 2. The number of carbonyl (C=O) groups is 1. The fourth-order valence-electron chi connectivity index (χ4n) is 2.84. The number of thioether (sulfide) groups is 1. The molecule has 0 saturated carbocycles. The van der Waals surface area contributed by atoms with Gasteiger partial charge in [-0.25, -0.2) is 0 Å². The molecule has 0 spiro atoms. The van der Waals surface area contributed by atoms with Crippen LogP contribution in [0.4, 0.5) is 0 Å². The highest BCUT2D eigenvalue weighted by molar-refractivity contribution is 8.26. The van der Waals surface area contributed by atoms with Crippen LogP contribution in [-0.2, 0) is 4.79 Å². The van der Waals surface area contributed by atoms with Gasteiger partial charge in [-0.3, -0.25) is 9.69 Å². The van der Waals surface area contributed by atoms with Crippen LogP contribution in [0.3, 0.4) is 0 Å². The Morgan fingerprint density at radius 3 is 2.62 bits per heavy atom. The molecular formula is C19H18N2OS2. The van der Waals surface area contributed by atoms with Crippen LogP contribution in [0.2, 0.25) is 0 Å². The van der Waals surface area contributed by atoms with Crippen LogP contribution in [0.1, 0.15) is 17.0 Å². The Kier molecular flexibility index (Phi) is 4.73. The molecule has 2 aromatic rings. The molecule has 0 radical (unpaired) electrons. The van der Waals surface area contributed by atoms with Gasteiger partial charge >= 0.3 is 0 Å². The average Bonchev–Trinajstić information content (AvgIpc) is 2.99. The number of hydrogen-bond acceptors (Lipinski definition) is 3. The monoisotopic (exact) mass is 354 g/mol. The van der Waals surface area contributed by atoms with E-state index in [2.05, 4.69) is 43.2 Å². The zero-order chi connectivity index (χ0) is 17.3. The first kappa shape index (κ1) is 16.7. The molecule has 1 aromatic heterocycles. The van der Waals surface area contributed by atoms with Crippen LogP contribution < -0.4 is 0 Å². The summed E-state index contributed by atoms with van der Waals surface area (Å²) in [7, 11) is 0. The number of amides is 1. The van der Waals surface area contributed by atoms with Crippen LogP contribution in [-0.4, -0.2) is 26.2 Å². The van der Waals surface area contributed by atoms with Crippen molar-refractivity contribution in [2.24, 2.45) is 0 Å². The third-order valence-corrected chi connectivity index (χ3v) is 5.33. The summed E-state index contributed by atoms with van der Waals surface area (Å²) in [4.78, 5) is 14.7. The van der Waals surface area contributed by atoms with Crippen molar-refractivity contribution in [3.8, 4) is 5.69 Å². The number of aryl methyl sites for hydroxylation is 1. The largest absolute Gasteiger partial charge is 0.318 e. The van der Waals surface area contributed by atoms with Gasteiger partial charge in [0.05, 0.1) is 4.91 Å². The van der Waals surface area contributed by atoms with Crippen molar-refractivity contribution < 1.29 is 4.79 Å². The van der Waals surface area contributed by atoms with Crippen LogP contribution >= 0.6 is 24.0 Å². The number of thiocarbonyl (C=S) groups is 1. The molecule has 1 amide bonds. The van der Waals surface area contributed by atoms with E-state index in [0.717, 1.165) is 22.6 Å². The summed E-state index contributed by atoms with van der Waals surface area (Å²) in [5.74, 6) is -0.0468. The van der Waals surface area contributed by atoms with Gasteiger partial charge in [0.1, 0.15) is 4.32 Å². The van der Waals surface area contributed by atoms with Gasteiger partial charge in [0, 0.05) is 23.6 Å². The molecule has 1 aliphatic heterocycles. The van der Waals surface area contributed by atoms with Crippen molar-refractivity contribution in [3.63, 3.8) is 0 Å². The molecule has 0 aliphatic carbocycles. The van der Waals surface area contributed by atoms with Crippen molar-refractivity contribution in [1.82, 2.24) is 9.47 Å². The van der Waals surface area contributed by atoms with E-state index in [-0.39, 0.29) is 5.91 Å². The van der Waals surface area contributed by atoms with Gasteiger partial charge in [-0.1, -0.05) is 48.3 Å². The predicted octanol–water partition coefficient (Wildman–Crippen LogP) is 4.48. The van der Waals surface area contributed by atoms with Crippen molar-refractivity contribution in [1.29, 1.82) is 0 Å². The molecule has 3 nitrogen and oxygen atoms in total. The molecule has 1 fully saturated rings. The molecule has 0 unspecified atom stereocenters. The van der Waals surface area contributed by atoms with E-state index >= 15 is 0 Å². The zero-order valence-corrected chi connectivity index (χ0v) is 15.3. The van der Waals surface area contributed by atoms with Crippen molar-refractivity contribution in [3.05, 3.63) is 70.9 Å². The first-order chi connectivity index (χ1) is 11.5. The highest BCUT2D eigenvalue weighted by atomic mass is 32.2. The molecule has 2 heterocycles. The van der Waals surface area contributed by atoms with Gasteiger partial charge in [0.2, 0.25) is 0 Å². The summed E-state index contributed by atoms with van der Waals surface area (Å²) in [5.41, 5.74) is 4.39. The second-order valence-corrected chi connectivity index (χ2v) is 7.25. The molecule has 0 bridgehead atoms. The van der Waals surface area contributed by atoms with Gasteiger partial charge in [-0.15, -0.1) is 6.58 Å². The summed E-state index contributed by atoms with van der Waals surface area (Å²) < 4.78 is 2.78. The van der Waals surface area contributed by atoms with Crippen molar-refractivity contribution in [2.75, 3.05) is 6.54 Å². The fourth-order valence-corrected chi connectivity index (χ4v) is 4.10. The quantitative estimate of drug-likeness (QED) is 0.460. The summed E-state index contributed by atoms with van der Waals surface area (Å²) in [6.45, 7) is 8.26. The molecule has 1 aromatic carbocycles. The Morgan fingerprint density at radius 1 is 1.25 bits per heavy atom. The van der Waals surface area contributed by atoms with E-state index in [1.165, 1.54) is 11.8 Å². The maximum atomic E-state index is 12.5. The van der Waals surface area contributed by atoms with Gasteiger partial charge in [-0.05, 0) is 43.7 Å². The molecule has 1 saturated heterocycles. The zero-order valence-electron chi connectivity index (χ0n) is 13.7. The number of para-hydroxylation sites is 1. The Labute approximate surface area is 151 Å². The molecule has 24 heavy (non-hydrogen) atoms. The van der Waals surface area contributed by atoms with Crippen LogP contribution in [0, 0.1) is 13.8 Å². The number of carbonyl (C=O) groups excluding carboxylic acids is 1. The van der Waals surface area contributed by atoms with E-state index in [0.29, 0.717) is 15.8 Å². The smallest absolute Gasteiger partial charge is 0.266 e. The molecule has 3 rings (SSSR count). The van der Waals surface area contributed by atoms with E-state index in [1.54, 1.807) is 11.0 Å². The van der Waals surface area contributed by atoms with E-state index < -0.39 is 0 Å². The lowest BCUT2D eigenvalue weighted by Gasteiger charge is -2.10. The Morgan fingerprint density at radius 2 is 1.96 bits per heavy atom. The summed E-state index contributed by atoms with van der Waals surface area (Å²) >= 11 is 6.64. The van der Waals surface area contributed by atoms with Gasteiger partial charge in [0.25, 0.3) is 5.91 Å². The fraction of sp³-hybridized carbons (Fsp3) is 0.158. The average molecular weight is 355 g/mol. The molecule has 0 atom stereocenters. The van der Waals surface area contributed by atoms with Gasteiger partial charge < -0.3 is 4.57 Å². The van der Waals surface area contributed by atoms with Crippen molar-refractivity contribution >= 4 is 40.3 Å². The number of benzene rings is 1. The molecule has 5 heteroatoms. The Hall–Kier alpha value is -2.11. The minimum atomic E-state index is -0.0468. The van der Waals surface area contributed by atoms with Crippen LogP contribution in [0.25, 0.3) is 11.8 Å². The normalized spacial score (nSPS) is 16.2. The number of rotatable bonds is 4. The Balaban J connectivity index is 1.99. The number of aromatic nitrogens is 1. The third kappa shape index (κ3) is 2.97. The lowest BCUT2D eigenvalue weighted by molar-refractivity contribution is -0.121. The maximum absolute atomic E-state index is 12.5. The molecule has 0 N–H and O–H groups in total. The van der Waals surface area contributed by atoms with Gasteiger partial charge in [-0.2, -0.15) is 0 Å². The Bertz CT molecular complexity index is 850. The molecule has 1 aliphatic rings. The van der Waals surface area contributed by atoms with E-state index in [9.17, 15) is 4.79 Å². The highest BCUT2D eigenvalue weighted by Gasteiger charge is 2.31. The first-order valence-electron chi connectivity index (χ1n) is 7.63. The number of hydrogen-bond donors (Lipinski definition) is 0. The summed E-state index contributed by atoms with van der Waals surface area (Å²) in [6.07, 6.45) is 3.62. The summed E-state index contributed by atoms with van der Waals surface area (Å²) in [6, 6.07) is 12.3. The minimum Gasteiger partial charge on any atom is -0.318 e. The van der Waals surface area contributed by atoms with E-state index in [1.807, 2.05) is 24.3 Å². The second kappa shape index (κ2) is 6.79. The lowest BCUT2D eigenvalue weighted by atomic mass is 10.2. The topological polar surface area (TPSA) is 25.2 Å². The highest BCUT2D eigenvalue weighted by Crippen LogP contribution is 2.33. The van der Waals surface area contributed by atoms with Crippen LogP contribution in [0.5, 0.6) is 0 Å². The van der Waals surface area contributed by atoms with E-state index in [4.69, 9.17) is 12.2 Å². The molecular weight excluding hydrogens is 336 g/mol. The third-order valence-electron chi connectivity index (χ3n) is 3.96. The minimum absolute atomic E-state index is 0.0468. The van der Waals surface area contributed by atoms with Gasteiger partial charge in [0.15, 0.2) is 0 Å². The van der Waals surface area contributed by atoms with Crippen LogP contribution in [0.15, 0.2) is 54.0 Å².